The second kappa shape index (κ2) is 5.16. The van der Waals surface area contributed by atoms with Gasteiger partial charge in [-0.05, 0) is 11.6 Å². The highest BCUT2D eigenvalue weighted by Gasteiger charge is 2.13. The molecule has 0 bridgehead atoms. The Morgan fingerprint density at radius 3 is 2.56 bits per heavy atom. The van der Waals surface area contributed by atoms with Crippen molar-refractivity contribution in [3.63, 3.8) is 0 Å². The highest BCUT2D eigenvalue weighted by atomic mass is 35.5. The average molecular weight is 262 g/mol. The van der Waals surface area contributed by atoms with E-state index in [9.17, 15) is 4.79 Å². The van der Waals surface area contributed by atoms with E-state index in [0.29, 0.717) is 22.7 Å². The first kappa shape index (κ1) is 12.5. The first-order chi connectivity index (χ1) is 8.61. The van der Waals surface area contributed by atoms with E-state index < -0.39 is 0 Å². The Morgan fingerprint density at radius 2 is 1.94 bits per heavy atom. The lowest BCUT2D eigenvalue weighted by atomic mass is 10.0. The van der Waals surface area contributed by atoms with E-state index in [1.807, 2.05) is 0 Å². The van der Waals surface area contributed by atoms with Crippen molar-refractivity contribution in [1.82, 2.24) is 4.98 Å². The number of nitrogens with two attached hydrogens (primary N) is 2. The van der Waals surface area contributed by atoms with Gasteiger partial charge in [0.25, 0.3) is 0 Å². The zero-order chi connectivity index (χ0) is 13.1. The fourth-order valence-corrected chi connectivity index (χ4v) is 1.74. The van der Waals surface area contributed by atoms with Gasteiger partial charge in [-0.25, -0.2) is 4.98 Å². The summed E-state index contributed by atoms with van der Waals surface area (Å²) in [6.07, 6.45) is 1.41. The van der Waals surface area contributed by atoms with Crippen LogP contribution in [0, 0.1) is 0 Å². The summed E-state index contributed by atoms with van der Waals surface area (Å²) in [5.74, 6) is -0.0293. The molecule has 1 aromatic heterocycles. The fourth-order valence-electron chi connectivity index (χ4n) is 1.58. The number of aromatic nitrogens is 1. The summed E-state index contributed by atoms with van der Waals surface area (Å²) in [5, 5.41) is 0.381. The molecule has 92 valence electrons. The van der Waals surface area contributed by atoms with Crippen LogP contribution in [0.15, 0.2) is 36.5 Å². The number of halogens is 1. The van der Waals surface area contributed by atoms with Crippen molar-refractivity contribution in [2.75, 3.05) is 5.73 Å². The summed E-state index contributed by atoms with van der Waals surface area (Å²) >= 11 is 5.81. The molecule has 4 nitrogen and oxygen atoms in total. The Labute approximate surface area is 110 Å². The molecule has 0 saturated carbocycles. The van der Waals surface area contributed by atoms with E-state index in [1.165, 1.54) is 12.3 Å². The Hall–Kier alpha value is -1.91. The van der Waals surface area contributed by atoms with E-state index in [0.717, 1.165) is 5.56 Å². The summed E-state index contributed by atoms with van der Waals surface area (Å²) in [7, 11) is 0. The summed E-state index contributed by atoms with van der Waals surface area (Å²) in [4.78, 5) is 16.1. The van der Waals surface area contributed by atoms with Gasteiger partial charge in [0, 0.05) is 18.3 Å². The number of carbonyl (C=O) groups is 1. The van der Waals surface area contributed by atoms with E-state index in [4.69, 9.17) is 23.1 Å². The number of anilines is 1. The molecule has 0 atom stereocenters. The molecule has 1 aromatic carbocycles. The van der Waals surface area contributed by atoms with Gasteiger partial charge in [0.2, 0.25) is 0 Å². The van der Waals surface area contributed by atoms with Crippen molar-refractivity contribution in [3.05, 3.63) is 58.2 Å². The number of carbonyl (C=O) groups excluding carboxylic acids is 1. The lowest BCUT2D eigenvalue weighted by Crippen LogP contribution is -2.07. The fraction of sp³-hybridized carbons (Fsp3) is 0.0769. The second-order valence-corrected chi connectivity index (χ2v) is 4.25. The second-order valence-electron chi connectivity index (χ2n) is 3.82. The quantitative estimate of drug-likeness (QED) is 0.828. The largest absolute Gasteiger partial charge is 0.383 e. The standard InChI is InChI=1S/C13H12ClN3O/c14-10-5-11(13(16)17-7-10)12(18)9-3-1-8(6-15)2-4-9/h1-5,7H,6,15H2,(H2,16,17). The molecule has 4 N–H and O–H groups in total. The molecular weight excluding hydrogens is 250 g/mol. The van der Waals surface area contributed by atoms with Gasteiger partial charge in [-0.15, -0.1) is 0 Å². The predicted molar refractivity (Wildman–Crippen MR) is 71.4 cm³/mol. The molecule has 0 spiro atoms. The number of hydrogen-bond donors (Lipinski definition) is 2. The monoisotopic (exact) mass is 261 g/mol. The molecule has 0 saturated heterocycles. The van der Waals surface area contributed by atoms with Gasteiger partial charge in [0.15, 0.2) is 5.78 Å². The van der Waals surface area contributed by atoms with Gasteiger partial charge < -0.3 is 11.5 Å². The van der Waals surface area contributed by atoms with Gasteiger partial charge in [-0.1, -0.05) is 35.9 Å². The molecule has 0 unspecified atom stereocenters. The number of nitrogens with zero attached hydrogens (tertiary/aromatic N) is 1. The van der Waals surface area contributed by atoms with Crippen LogP contribution in [-0.2, 0) is 6.54 Å². The Bertz CT molecular complexity index is 581. The molecule has 2 aromatic rings. The van der Waals surface area contributed by atoms with Crippen LogP contribution in [0.4, 0.5) is 5.82 Å². The molecule has 0 aliphatic rings. The Kier molecular flexibility index (Phi) is 3.60. The highest BCUT2D eigenvalue weighted by molar-refractivity contribution is 6.31. The maximum atomic E-state index is 12.2. The summed E-state index contributed by atoms with van der Waals surface area (Å²) in [5.41, 5.74) is 13.0. The first-order valence-electron chi connectivity index (χ1n) is 5.36. The lowest BCUT2D eigenvalue weighted by molar-refractivity contribution is 0.103. The molecular formula is C13H12ClN3O. The van der Waals surface area contributed by atoms with Crippen molar-refractivity contribution in [2.24, 2.45) is 5.73 Å². The number of pyridine rings is 1. The lowest BCUT2D eigenvalue weighted by Gasteiger charge is -2.05. The normalized spacial score (nSPS) is 10.3. The third-order valence-electron chi connectivity index (χ3n) is 2.58. The van der Waals surface area contributed by atoms with Crippen molar-refractivity contribution in [2.45, 2.75) is 6.54 Å². The molecule has 18 heavy (non-hydrogen) atoms. The zero-order valence-electron chi connectivity index (χ0n) is 9.56. The minimum absolute atomic E-state index is 0.173. The maximum Gasteiger partial charge on any atom is 0.196 e. The number of rotatable bonds is 3. The van der Waals surface area contributed by atoms with E-state index in [-0.39, 0.29) is 11.6 Å². The van der Waals surface area contributed by atoms with Crippen molar-refractivity contribution < 1.29 is 4.79 Å². The van der Waals surface area contributed by atoms with Crippen LogP contribution in [0.1, 0.15) is 21.5 Å². The van der Waals surface area contributed by atoms with Crippen LogP contribution >= 0.6 is 11.6 Å². The number of ketones is 1. The molecule has 1 heterocycles. The van der Waals surface area contributed by atoms with Gasteiger partial charge in [-0.2, -0.15) is 0 Å². The maximum absolute atomic E-state index is 12.2. The van der Waals surface area contributed by atoms with Crippen molar-refractivity contribution in [3.8, 4) is 0 Å². The molecule has 0 radical (unpaired) electrons. The first-order valence-corrected chi connectivity index (χ1v) is 5.74. The zero-order valence-corrected chi connectivity index (χ0v) is 10.3. The minimum atomic E-state index is -0.203. The summed E-state index contributed by atoms with van der Waals surface area (Å²) < 4.78 is 0. The van der Waals surface area contributed by atoms with Crippen LogP contribution in [0.3, 0.4) is 0 Å². The van der Waals surface area contributed by atoms with Gasteiger partial charge in [0.1, 0.15) is 5.82 Å². The summed E-state index contributed by atoms with van der Waals surface area (Å²) in [6.45, 7) is 0.440. The van der Waals surface area contributed by atoms with Crippen LogP contribution in [0.25, 0.3) is 0 Å². The van der Waals surface area contributed by atoms with E-state index in [2.05, 4.69) is 4.98 Å². The molecule has 0 aliphatic heterocycles. The topological polar surface area (TPSA) is 82.0 Å². The number of nitrogen functional groups attached to an aromatic ring is 1. The SMILES string of the molecule is NCc1ccc(C(=O)c2cc(Cl)cnc2N)cc1. The molecule has 0 amide bonds. The summed E-state index contributed by atoms with van der Waals surface area (Å²) in [6, 6.07) is 8.56. The molecule has 0 aliphatic carbocycles. The Balaban J connectivity index is 2.38. The van der Waals surface area contributed by atoms with Gasteiger partial charge in [-0.3, -0.25) is 4.79 Å². The average Bonchev–Trinajstić information content (AvgIpc) is 2.41. The van der Waals surface area contributed by atoms with E-state index >= 15 is 0 Å². The minimum Gasteiger partial charge on any atom is -0.383 e. The smallest absolute Gasteiger partial charge is 0.196 e. The van der Waals surface area contributed by atoms with Crippen LogP contribution in [0.2, 0.25) is 5.02 Å². The third kappa shape index (κ3) is 2.50. The molecule has 2 rings (SSSR count). The highest BCUT2D eigenvalue weighted by Crippen LogP contribution is 2.19. The molecule has 0 fully saturated rings. The number of benzene rings is 1. The Morgan fingerprint density at radius 1 is 1.28 bits per heavy atom. The van der Waals surface area contributed by atoms with Gasteiger partial charge >= 0.3 is 0 Å². The predicted octanol–water partition coefficient (Wildman–Crippen LogP) is 2.01. The van der Waals surface area contributed by atoms with E-state index in [1.54, 1.807) is 24.3 Å². The van der Waals surface area contributed by atoms with Gasteiger partial charge in [0.05, 0.1) is 10.6 Å². The third-order valence-corrected chi connectivity index (χ3v) is 2.79. The van der Waals surface area contributed by atoms with Crippen molar-refractivity contribution in [1.29, 1.82) is 0 Å². The van der Waals surface area contributed by atoms with Crippen molar-refractivity contribution >= 4 is 23.2 Å². The van der Waals surface area contributed by atoms with Crippen LogP contribution < -0.4 is 11.5 Å². The molecule has 5 heteroatoms. The van der Waals surface area contributed by atoms with Crippen LogP contribution in [0.5, 0.6) is 0 Å². The number of hydrogen-bond acceptors (Lipinski definition) is 4. The van der Waals surface area contributed by atoms with Crippen LogP contribution in [-0.4, -0.2) is 10.8 Å².